The quantitative estimate of drug-likeness (QED) is 0.330. The maximum atomic E-state index is 13.7. The van der Waals surface area contributed by atoms with E-state index >= 15 is 0 Å². The smallest absolute Gasteiger partial charge is 0.450 e. The summed E-state index contributed by atoms with van der Waals surface area (Å²) in [6, 6.07) is 0. The fourth-order valence-corrected chi connectivity index (χ4v) is 2.30. The average molecular weight is 406 g/mol. The second-order valence-corrected chi connectivity index (χ2v) is 5.95. The van der Waals surface area contributed by atoms with E-state index in [1.54, 1.807) is 0 Å². The van der Waals surface area contributed by atoms with Crippen LogP contribution in [0.25, 0.3) is 0 Å². The van der Waals surface area contributed by atoms with Crippen molar-refractivity contribution in [3.63, 3.8) is 0 Å². The third-order valence-corrected chi connectivity index (χ3v) is 3.41. The Morgan fingerprint density at radius 2 is 1.54 bits per heavy atom. The highest BCUT2D eigenvalue weighted by atomic mass is 19.3. The van der Waals surface area contributed by atoms with Crippen LogP contribution in [0.5, 0.6) is 0 Å². The van der Waals surface area contributed by atoms with Gasteiger partial charge in [0.05, 0.1) is 6.42 Å². The van der Waals surface area contributed by atoms with Crippen molar-refractivity contribution >= 4 is 6.16 Å². The first-order valence-corrected chi connectivity index (χ1v) is 7.53. The molecule has 0 radical (unpaired) electrons. The minimum Gasteiger partial charge on any atom is -0.450 e. The molecule has 0 aromatic heterocycles. The van der Waals surface area contributed by atoms with Crippen LogP contribution in [0.15, 0.2) is 0 Å². The first kappa shape index (κ1) is 24.6. The van der Waals surface area contributed by atoms with Gasteiger partial charge in [0.25, 0.3) is 6.43 Å². The van der Waals surface area contributed by atoms with E-state index in [9.17, 15) is 44.3 Å². The van der Waals surface area contributed by atoms with Gasteiger partial charge in [-0.1, -0.05) is 0 Å². The zero-order valence-corrected chi connectivity index (χ0v) is 13.6. The van der Waals surface area contributed by atoms with Gasteiger partial charge < -0.3 is 9.84 Å². The predicted molar refractivity (Wildman–Crippen MR) is 71.9 cm³/mol. The number of rotatable bonds is 12. The standard InChI is InChI=1S/C14H19F9O3/c1-7(15)4-9(16)5-8(10(17)11(18)19)6-13(20,21)2-3-14(22,23)26-12(24)25/h7-11H,2-6H2,1H3,(H,24,25). The van der Waals surface area contributed by atoms with E-state index < -0.39 is 81.1 Å². The number of carboxylic acid groups (broad SMARTS) is 1. The predicted octanol–water partition coefficient (Wildman–Crippen LogP) is 5.78. The van der Waals surface area contributed by atoms with E-state index in [1.807, 2.05) is 0 Å². The Bertz CT molecular complexity index is 432. The SMILES string of the molecule is CC(F)CC(F)CC(CC(F)(F)CCC(F)(F)OC(=O)O)C(F)C(F)F. The van der Waals surface area contributed by atoms with Crippen LogP contribution in [0, 0.1) is 5.92 Å². The molecule has 0 saturated heterocycles. The zero-order valence-electron chi connectivity index (χ0n) is 13.6. The highest BCUT2D eigenvalue weighted by Crippen LogP contribution is 2.38. The summed E-state index contributed by atoms with van der Waals surface area (Å²) in [6.45, 7) is 0.931. The van der Waals surface area contributed by atoms with Crippen LogP contribution in [0.3, 0.4) is 0 Å². The molecule has 0 aliphatic heterocycles. The van der Waals surface area contributed by atoms with Crippen molar-refractivity contribution in [1.82, 2.24) is 0 Å². The van der Waals surface area contributed by atoms with E-state index in [2.05, 4.69) is 4.74 Å². The van der Waals surface area contributed by atoms with Gasteiger partial charge >= 0.3 is 12.3 Å². The lowest BCUT2D eigenvalue weighted by molar-refractivity contribution is -0.221. The molecule has 0 aromatic rings. The number of halogens is 9. The fraction of sp³-hybridized carbons (Fsp3) is 0.929. The Morgan fingerprint density at radius 3 is 1.96 bits per heavy atom. The van der Waals surface area contributed by atoms with Crippen molar-refractivity contribution in [2.24, 2.45) is 5.92 Å². The van der Waals surface area contributed by atoms with Gasteiger partial charge in [-0.05, 0) is 13.3 Å². The third-order valence-electron chi connectivity index (χ3n) is 3.41. The molecule has 0 heterocycles. The molecule has 0 spiro atoms. The van der Waals surface area contributed by atoms with Crippen LogP contribution >= 0.6 is 0 Å². The summed E-state index contributed by atoms with van der Waals surface area (Å²) in [6.07, 6.45) is -24.8. The summed E-state index contributed by atoms with van der Waals surface area (Å²) < 4.78 is 121. The second kappa shape index (κ2) is 10.1. The molecule has 0 rings (SSSR count). The summed E-state index contributed by atoms with van der Waals surface area (Å²) in [5, 5.41) is 8.03. The summed E-state index contributed by atoms with van der Waals surface area (Å²) in [5.41, 5.74) is 0. The summed E-state index contributed by atoms with van der Waals surface area (Å²) in [4.78, 5) is 10.00. The van der Waals surface area contributed by atoms with E-state index in [1.165, 1.54) is 0 Å². The molecule has 4 atom stereocenters. The number of hydrogen-bond donors (Lipinski definition) is 1. The molecule has 0 aliphatic carbocycles. The van der Waals surface area contributed by atoms with Crippen molar-refractivity contribution in [2.75, 3.05) is 0 Å². The molecule has 0 bridgehead atoms. The highest BCUT2D eigenvalue weighted by molar-refractivity contribution is 5.57. The van der Waals surface area contributed by atoms with Crippen molar-refractivity contribution in [3.8, 4) is 0 Å². The van der Waals surface area contributed by atoms with E-state index in [0.29, 0.717) is 0 Å². The Kier molecular flexibility index (Phi) is 9.57. The molecule has 3 nitrogen and oxygen atoms in total. The average Bonchev–Trinajstić information content (AvgIpc) is 2.41. The van der Waals surface area contributed by atoms with Crippen molar-refractivity contribution in [3.05, 3.63) is 0 Å². The molecule has 12 heteroatoms. The lowest BCUT2D eigenvalue weighted by atomic mass is 9.88. The van der Waals surface area contributed by atoms with Crippen LogP contribution in [-0.4, -0.2) is 48.2 Å². The molecule has 0 saturated carbocycles. The highest BCUT2D eigenvalue weighted by Gasteiger charge is 2.44. The number of carbonyl (C=O) groups is 1. The van der Waals surface area contributed by atoms with Gasteiger partial charge in [-0.2, -0.15) is 8.78 Å². The molecular formula is C14H19F9O3. The van der Waals surface area contributed by atoms with Crippen LogP contribution < -0.4 is 0 Å². The zero-order chi connectivity index (χ0) is 20.7. The first-order chi connectivity index (χ1) is 11.6. The molecule has 26 heavy (non-hydrogen) atoms. The number of alkyl halides is 9. The van der Waals surface area contributed by atoms with Crippen LogP contribution in [0.2, 0.25) is 0 Å². The number of ether oxygens (including phenoxy) is 1. The Morgan fingerprint density at radius 1 is 1.00 bits per heavy atom. The maximum Gasteiger partial charge on any atom is 0.510 e. The van der Waals surface area contributed by atoms with Gasteiger partial charge in [0.1, 0.15) is 12.3 Å². The lowest BCUT2D eigenvalue weighted by Crippen LogP contribution is -2.34. The lowest BCUT2D eigenvalue weighted by Gasteiger charge is -2.27. The van der Waals surface area contributed by atoms with Crippen molar-refractivity contribution in [2.45, 2.75) is 76.0 Å². The minimum atomic E-state index is -4.46. The topological polar surface area (TPSA) is 46.5 Å². The van der Waals surface area contributed by atoms with Gasteiger partial charge in [0.15, 0.2) is 6.17 Å². The summed E-state index contributed by atoms with van der Waals surface area (Å²) in [7, 11) is 0. The van der Waals surface area contributed by atoms with Gasteiger partial charge in [-0.15, -0.1) is 0 Å². The van der Waals surface area contributed by atoms with Gasteiger partial charge in [-0.3, -0.25) is 0 Å². The maximum absolute atomic E-state index is 13.7. The second-order valence-electron chi connectivity index (χ2n) is 5.95. The summed E-state index contributed by atoms with van der Waals surface area (Å²) in [5.74, 6) is -6.37. The molecule has 156 valence electrons. The molecule has 4 unspecified atom stereocenters. The Hall–Kier alpha value is -1.36. The first-order valence-electron chi connectivity index (χ1n) is 7.53. The summed E-state index contributed by atoms with van der Waals surface area (Å²) >= 11 is 0. The van der Waals surface area contributed by atoms with Gasteiger partial charge in [-0.25, -0.2) is 35.5 Å². The van der Waals surface area contributed by atoms with Crippen molar-refractivity contribution < 1.29 is 54.2 Å². The van der Waals surface area contributed by atoms with Gasteiger partial charge in [0, 0.05) is 25.2 Å². The molecule has 0 aliphatic rings. The molecule has 1 N–H and O–H groups in total. The van der Waals surface area contributed by atoms with E-state index in [4.69, 9.17) is 5.11 Å². The molecule has 0 amide bonds. The monoisotopic (exact) mass is 406 g/mol. The normalized spacial score (nSPS) is 17.7. The van der Waals surface area contributed by atoms with Gasteiger partial charge in [0.2, 0.25) is 5.92 Å². The Balaban J connectivity index is 4.96. The van der Waals surface area contributed by atoms with Crippen LogP contribution in [0.4, 0.5) is 44.3 Å². The molecule has 0 aromatic carbocycles. The van der Waals surface area contributed by atoms with E-state index in [-0.39, 0.29) is 0 Å². The third kappa shape index (κ3) is 10.6. The van der Waals surface area contributed by atoms with Crippen LogP contribution in [0.1, 0.15) is 39.0 Å². The largest absolute Gasteiger partial charge is 0.510 e. The fourth-order valence-electron chi connectivity index (χ4n) is 2.30. The minimum absolute atomic E-state index is 0.817. The Labute approximate surface area is 143 Å². The van der Waals surface area contributed by atoms with Crippen molar-refractivity contribution in [1.29, 1.82) is 0 Å². The molecule has 0 fully saturated rings. The molecular weight excluding hydrogens is 387 g/mol. The van der Waals surface area contributed by atoms with Crippen LogP contribution in [-0.2, 0) is 4.74 Å². The van der Waals surface area contributed by atoms with E-state index in [0.717, 1.165) is 6.92 Å². The number of hydrogen-bond acceptors (Lipinski definition) is 2.